The number of ether oxygens (including phenoxy) is 2. The third-order valence-corrected chi connectivity index (χ3v) is 3.53. The van der Waals surface area contributed by atoms with Gasteiger partial charge < -0.3 is 15.2 Å². The number of primary amides is 1. The van der Waals surface area contributed by atoms with Crippen molar-refractivity contribution in [3.63, 3.8) is 0 Å². The summed E-state index contributed by atoms with van der Waals surface area (Å²) in [6, 6.07) is 6.40. The minimum Gasteiger partial charge on any atom is -0.494 e. The summed E-state index contributed by atoms with van der Waals surface area (Å²) < 4.78 is 75.5. The number of rotatable bonds is 8. The predicted molar refractivity (Wildman–Crippen MR) is 86.5 cm³/mol. The summed E-state index contributed by atoms with van der Waals surface area (Å²) in [7, 11) is 0. The van der Waals surface area contributed by atoms with Crippen LogP contribution in [-0.4, -0.2) is 19.1 Å². The van der Waals surface area contributed by atoms with Crippen LogP contribution < -0.4 is 15.2 Å². The Balaban J connectivity index is 1.79. The molecule has 0 radical (unpaired) electrons. The van der Waals surface area contributed by atoms with Crippen LogP contribution in [0.4, 0.5) is 22.0 Å². The summed E-state index contributed by atoms with van der Waals surface area (Å²) in [5.41, 5.74) is 3.23. The van der Waals surface area contributed by atoms with Gasteiger partial charge in [0, 0.05) is 0 Å². The molecular formula is C18H16F5NO3. The Bertz CT molecular complexity index is 808. The highest BCUT2D eigenvalue weighted by Gasteiger charge is 2.30. The number of amides is 1. The summed E-state index contributed by atoms with van der Waals surface area (Å²) in [5, 5.41) is 0. The highest BCUT2D eigenvalue weighted by Crippen LogP contribution is 2.31. The number of unbranched alkanes of at least 4 members (excludes halogenated alkanes) is 1. The van der Waals surface area contributed by atoms with Crippen LogP contribution in [0, 0.1) is 11.6 Å². The van der Waals surface area contributed by atoms with Crippen LogP contribution in [0.25, 0.3) is 0 Å². The lowest BCUT2D eigenvalue weighted by Gasteiger charge is -2.11. The Kier molecular flexibility index (Phi) is 6.59. The molecule has 146 valence electrons. The minimum absolute atomic E-state index is 0.0344. The minimum atomic E-state index is -4.45. The lowest BCUT2D eigenvalue weighted by atomic mass is 10.1. The van der Waals surface area contributed by atoms with E-state index >= 15 is 0 Å². The SMILES string of the molecule is NC(=O)c1c(F)ccc(OCCCCOc2cccc(C(F)(F)F)c2)c1F. The van der Waals surface area contributed by atoms with Crippen LogP contribution >= 0.6 is 0 Å². The maximum absolute atomic E-state index is 13.9. The molecule has 0 aromatic heterocycles. The Morgan fingerprint density at radius 3 is 2.30 bits per heavy atom. The van der Waals surface area contributed by atoms with Crippen LogP contribution in [0.3, 0.4) is 0 Å². The number of carbonyl (C=O) groups excluding carboxylic acids is 1. The van der Waals surface area contributed by atoms with E-state index < -0.39 is 34.8 Å². The molecule has 4 nitrogen and oxygen atoms in total. The second-order valence-corrected chi connectivity index (χ2v) is 5.53. The van der Waals surface area contributed by atoms with E-state index in [-0.39, 0.29) is 24.7 Å². The first-order valence-corrected chi connectivity index (χ1v) is 7.91. The molecule has 0 spiro atoms. The number of hydrogen-bond donors (Lipinski definition) is 1. The van der Waals surface area contributed by atoms with Crippen LogP contribution in [0.5, 0.6) is 11.5 Å². The molecule has 0 saturated heterocycles. The van der Waals surface area contributed by atoms with Gasteiger partial charge in [0.05, 0.1) is 18.8 Å². The largest absolute Gasteiger partial charge is 0.494 e. The van der Waals surface area contributed by atoms with Crippen molar-refractivity contribution in [1.29, 1.82) is 0 Å². The second-order valence-electron chi connectivity index (χ2n) is 5.53. The normalized spacial score (nSPS) is 11.3. The molecule has 2 aromatic rings. The Hall–Kier alpha value is -2.84. The summed E-state index contributed by atoms with van der Waals surface area (Å²) >= 11 is 0. The molecule has 27 heavy (non-hydrogen) atoms. The lowest BCUT2D eigenvalue weighted by Crippen LogP contribution is -2.16. The molecule has 9 heteroatoms. The van der Waals surface area contributed by atoms with Crippen LogP contribution in [0.15, 0.2) is 36.4 Å². The van der Waals surface area contributed by atoms with E-state index in [1.54, 1.807) is 0 Å². The smallest absolute Gasteiger partial charge is 0.416 e. The second kappa shape index (κ2) is 8.70. The molecule has 2 N–H and O–H groups in total. The van der Waals surface area contributed by atoms with E-state index in [1.165, 1.54) is 12.1 Å². The maximum Gasteiger partial charge on any atom is 0.416 e. The van der Waals surface area contributed by atoms with Crippen LogP contribution in [-0.2, 0) is 6.18 Å². The van der Waals surface area contributed by atoms with Gasteiger partial charge >= 0.3 is 6.18 Å². The molecule has 0 aliphatic carbocycles. The molecule has 0 atom stereocenters. The molecule has 0 unspecified atom stereocenters. The zero-order valence-electron chi connectivity index (χ0n) is 14.0. The topological polar surface area (TPSA) is 61.6 Å². The lowest BCUT2D eigenvalue weighted by molar-refractivity contribution is -0.137. The maximum atomic E-state index is 13.9. The summed E-state index contributed by atoms with van der Waals surface area (Å²) in [5.74, 6) is -3.74. The molecule has 0 aliphatic rings. The summed E-state index contributed by atoms with van der Waals surface area (Å²) in [4.78, 5) is 11.0. The van der Waals surface area contributed by atoms with E-state index in [9.17, 15) is 26.7 Å². The fourth-order valence-corrected chi connectivity index (χ4v) is 2.21. The van der Waals surface area contributed by atoms with E-state index in [0.717, 1.165) is 24.3 Å². The Morgan fingerprint density at radius 1 is 1.00 bits per heavy atom. The van der Waals surface area contributed by atoms with Gasteiger partial charge in [-0.05, 0) is 43.2 Å². The van der Waals surface area contributed by atoms with Gasteiger partial charge in [-0.25, -0.2) is 8.78 Å². The number of halogens is 5. The number of hydrogen-bond acceptors (Lipinski definition) is 3. The predicted octanol–water partition coefficient (Wildman–Crippen LogP) is 4.32. The van der Waals surface area contributed by atoms with Gasteiger partial charge in [0.1, 0.15) is 17.1 Å². The highest BCUT2D eigenvalue weighted by atomic mass is 19.4. The van der Waals surface area contributed by atoms with Crippen LogP contribution in [0.1, 0.15) is 28.8 Å². The third kappa shape index (κ3) is 5.57. The van der Waals surface area contributed by atoms with Crippen molar-refractivity contribution in [1.82, 2.24) is 0 Å². The number of benzene rings is 2. The molecule has 2 aromatic carbocycles. The van der Waals surface area contributed by atoms with E-state index in [0.29, 0.717) is 12.8 Å². The van der Waals surface area contributed by atoms with Gasteiger partial charge in [0.25, 0.3) is 5.91 Å². The fraction of sp³-hybridized carbons (Fsp3) is 0.278. The van der Waals surface area contributed by atoms with Gasteiger partial charge in [-0.1, -0.05) is 6.07 Å². The standard InChI is InChI=1S/C18H16F5NO3/c19-13-6-7-14(16(20)15(13)17(24)25)27-9-2-1-8-26-12-5-3-4-11(10-12)18(21,22)23/h3-7,10H,1-2,8-9H2,(H2,24,25). The van der Waals surface area contributed by atoms with Gasteiger partial charge in [0.2, 0.25) is 0 Å². The average molecular weight is 389 g/mol. The monoisotopic (exact) mass is 389 g/mol. The number of alkyl halides is 3. The Labute approximate surface area is 151 Å². The molecule has 1 amide bonds. The van der Waals surface area contributed by atoms with Crippen molar-refractivity contribution >= 4 is 5.91 Å². The van der Waals surface area contributed by atoms with Crippen molar-refractivity contribution in [3.8, 4) is 11.5 Å². The van der Waals surface area contributed by atoms with Gasteiger partial charge in [0.15, 0.2) is 11.6 Å². The summed E-state index contributed by atoms with van der Waals surface area (Å²) in [6.07, 6.45) is -3.64. The molecule has 0 fully saturated rings. The third-order valence-electron chi connectivity index (χ3n) is 3.53. The molecule has 0 saturated carbocycles. The first-order chi connectivity index (χ1) is 12.7. The van der Waals surface area contributed by atoms with Crippen molar-refractivity contribution in [2.24, 2.45) is 5.73 Å². The first kappa shape index (κ1) is 20.5. The average Bonchev–Trinajstić information content (AvgIpc) is 2.59. The van der Waals surface area contributed by atoms with Gasteiger partial charge in [-0.3, -0.25) is 4.79 Å². The quantitative estimate of drug-likeness (QED) is 0.540. The van der Waals surface area contributed by atoms with E-state index in [4.69, 9.17) is 15.2 Å². The number of carbonyl (C=O) groups is 1. The van der Waals surface area contributed by atoms with Gasteiger partial charge in [-0.2, -0.15) is 13.2 Å². The molecular weight excluding hydrogens is 373 g/mol. The van der Waals surface area contributed by atoms with E-state index in [2.05, 4.69) is 0 Å². The fourth-order valence-electron chi connectivity index (χ4n) is 2.21. The van der Waals surface area contributed by atoms with E-state index in [1.807, 2.05) is 0 Å². The van der Waals surface area contributed by atoms with Crippen molar-refractivity contribution < 1.29 is 36.2 Å². The molecule has 0 aliphatic heterocycles. The highest BCUT2D eigenvalue weighted by molar-refractivity contribution is 5.93. The van der Waals surface area contributed by atoms with Crippen molar-refractivity contribution in [3.05, 3.63) is 59.2 Å². The molecule has 0 heterocycles. The van der Waals surface area contributed by atoms with Crippen molar-refractivity contribution in [2.45, 2.75) is 19.0 Å². The summed E-state index contributed by atoms with van der Waals surface area (Å²) in [6.45, 7) is 0.163. The number of nitrogens with two attached hydrogens (primary N) is 1. The van der Waals surface area contributed by atoms with Crippen molar-refractivity contribution in [2.75, 3.05) is 13.2 Å². The Morgan fingerprint density at radius 2 is 1.67 bits per heavy atom. The zero-order valence-corrected chi connectivity index (χ0v) is 14.0. The molecule has 0 bridgehead atoms. The van der Waals surface area contributed by atoms with Gasteiger partial charge in [-0.15, -0.1) is 0 Å². The molecule has 2 rings (SSSR count). The zero-order chi connectivity index (χ0) is 20.0. The first-order valence-electron chi connectivity index (χ1n) is 7.91. The van der Waals surface area contributed by atoms with Crippen LogP contribution in [0.2, 0.25) is 0 Å².